The number of carbonyl (C=O) groups is 4. The lowest BCUT2D eigenvalue weighted by Gasteiger charge is -2.39. The first-order valence-electron chi connectivity index (χ1n) is 23.9. The Labute approximate surface area is 377 Å². The van der Waals surface area contributed by atoms with Gasteiger partial charge in [0.05, 0.1) is 37.7 Å². The standard InChI is InChI=1S/C50H66FN5O8/c1-32(14-22-61-39-6-4-35(38(25-39)31-52)28-47(58)54-16-3-17-54)24-33-10-18-56(19-11-33)49(60)64-50(2)30-43(50)41-8-9-45(41)63-48(59)55-20-12-34(13-21-55)42-26-36(42)15-23-62-40-7-5-37(27-46(53)57)44(51)29-40/h4-7,25,29,32-34,36,41-43,45H,3,8-24,26-28,30H2,1-2H3,(H2,53,57). The van der Waals surface area contributed by atoms with E-state index in [1.807, 2.05) is 33.8 Å². The largest absolute Gasteiger partial charge is 0.494 e. The van der Waals surface area contributed by atoms with Crippen molar-refractivity contribution in [1.82, 2.24) is 14.7 Å². The van der Waals surface area contributed by atoms with Gasteiger partial charge in [-0.2, -0.15) is 5.26 Å². The number of benzene rings is 2. The lowest BCUT2D eigenvalue weighted by molar-refractivity contribution is -0.133. The third-order valence-corrected chi connectivity index (χ3v) is 15.4. The molecule has 13 nitrogen and oxygen atoms in total. The van der Waals surface area contributed by atoms with E-state index in [2.05, 4.69) is 13.0 Å². The summed E-state index contributed by atoms with van der Waals surface area (Å²) in [4.78, 5) is 55.7. The number of hydrogen-bond donors (Lipinski definition) is 1. The van der Waals surface area contributed by atoms with Crippen LogP contribution in [-0.4, -0.2) is 103 Å². The monoisotopic (exact) mass is 883 g/mol. The van der Waals surface area contributed by atoms with Gasteiger partial charge in [-0.15, -0.1) is 0 Å². The van der Waals surface area contributed by atoms with Crippen LogP contribution in [-0.2, 0) is 31.9 Å². The molecule has 64 heavy (non-hydrogen) atoms. The summed E-state index contributed by atoms with van der Waals surface area (Å²) in [6, 6.07) is 12.2. The SMILES string of the molecule is CC(CCOc1ccc(CC(=O)N2CCC2)c(C#N)c1)CC1CCN(C(=O)OC2(C)CC2C2CCC2OC(=O)N2CCC(C3CC3CCOc3ccc(CC(N)=O)c(F)c3)CC2)CC1. The summed E-state index contributed by atoms with van der Waals surface area (Å²) in [5.41, 5.74) is 6.17. The molecule has 3 saturated heterocycles. The van der Waals surface area contributed by atoms with E-state index in [4.69, 9.17) is 24.7 Å². The molecule has 3 aliphatic heterocycles. The molecule has 346 valence electrons. The summed E-state index contributed by atoms with van der Waals surface area (Å²) < 4.78 is 38.3. The maximum Gasteiger partial charge on any atom is 0.410 e. The second-order valence-corrected chi connectivity index (χ2v) is 19.9. The second kappa shape index (κ2) is 20.0. The number of carbonyl (C=O) groups excluding carboxylic acids is 4. The quantitative estimate of drug-likeness (QED) is 0.158. The van der Waals surface area contributed by atoms with Gasteiger partial charge in [-0.3, -0.25) is 9.59 Å². The van der Waals surface area contributed by atoms with E-state index in [1.165, 1.54) is 6.07 Å². The van der Waals surface area contributed by atoms with Gasteiger partial charge >= 0.3 is 12.2 Å². The number of nitrogens with two attached hydrogens (primary N) is 1. The molecule has 3 aliphatic carbocycles. The van der Waals surface area contributed by atoms with E-state index in [9.17, 15) is 28.8 Å². The maximum atomic E-state index is 14.3. The van der Waals surface area contributed by atoms with E-state index < -0.39 is 17.3 Å². The maximum absolute atomic E-state index is 14.3. The lowest BCUT2D eigenvalue weighted by atomic mass is 9.77. The van der Waals surface area contributed by atoms with Crippen LogP contribution in [0.5, 0.6) is 11.5 Å². The van der Waals surface area contributed by atoms with Crippen molar-refractivity contribution in [2.24, 2.45) is 47.2 Å². The van der Waals surface area contributed by atoms with Crippen molar-refractivity contribution in [2.75, 3.05) is 52.5 Å². The molecule has 7 unspecified atom stereocenters. The fraction of sp³-hybridized carbons (Fsp3) is 0.660. The number of likely N-dealkylation sites (tertiary alicyclic amines) is 3. The molecule has 2 aromatic rings. The minimum Gasteiger partial charge on any atom is -0.494 e. The average Bonchev–Trinajstić information content (AvgIpc) is 4.16. The van der Waals surface area contributed by atoms with Gasteiger partial charge in [0.25, 0.3) is 0 Å². The number of piperidine rings is 2. The van der Waals surface area contributed by atoms with E-state index >= 15 is 0 Å². The summed E-state index contributed by atoms with van der Waals surface area (Å²) in [5.74, 6) is 3.31. The zero-order valence-corrected chi connectivity index (χ0v) is 37.6. The number of halogens is 1. The van der Waals surface area contributed by atoms with Crippen LogP contribution < -0.4 is 15.2 Å². The molecule has 0 bridgehead atoms. The minimum atomic E-state index is -0.572. The van der Waals surface area contributed by atoms with Crippen molar-refractivity contribution in [3.63, 3.8) is 0 Å². The van der Waals surface area contributed by atoms with Crippen LogP contribution in [0.25, 0.3) is 0 Å². The lowest BCUT2D eigenvalue weighted by Crippen LogP contribution is -2.46. The van der Waals surface area contributed by atoms with Gasteiger partial charge in [-0.25, -0.2) is 14.0 Å². The topological polar surface area (TPSA) is 165 Å². The smallest absolute Gasteiger partial charge is 0.410 e. The molecular formula is C50H66FN5O8. The van der Waals surface area contributed by atoms with E-state index in [0.29, 0.717) is 86.0 Å². The summed E-state index contributed by atoms with van der Waals surface area (Å²) in [6.45, 7) is 9.71. The molecular weight excluding hydrogens is 818 g/mol. The van der Waals surface area contributed by atoms with E-state index in [0.717, 1.165) is 95.7 Å². The molecule has 8 rings (SSSR count). The molecule has 7 atom stereocenters. The Morgan fingerprint density at radius 1 is 0.844 bits per heavy atom. The van der Waals surface area contributed by atoms with Crippen LogP contribution in [0.4, 0.5) is 14.0 Å². The highest BCUT2D eigenvalue weighted by Gasteiger charge is 2.62. The summed E-state index contributed by atoms with van der Waals surface area (Å²) in [7, 11) is 0. The van der Waals surface area contributed by atoms with E-state index in [-0.39, 0.29) is 54.4 Å². The van der Waals surface area contributed by atoms with Crippen molar-refractivity contribution in [3.05, 3.63) is 58.9 Å². The van der Waals surface area contributed by atoms with Gasteiger partial charge in [-0.1, -0.05) is 19.1 Å². The Bertz CT molecular complexity index is 2060. The molecule has 14 heteroatoms. The van der Waals surface area contributed by atoms with Gasteiger partial charge < -0.3 is 39.4 Å². The third-order valence-electron chi connectivity index (χ3n) is 15.4. The highest BCUT2D eigenvalue weighted by molar-refractivity contribution is 5.80. The summed E-state index contributed by atoms with van der Waals surface area (Å²) in [6.07, 6.45) is 11.0. The average molecular weight is 884 g/mol. The third kappa shape index (κ3) is 11.2. The predicted molar refractivity (Wildman–Crippen MR) is 236 cm³/mol. The zero-order valence-electron chi connectivity index (χ0n) is 37.6. The van der Waals surface area contributed by atoms with Crippen LogP contribution in [0.2, 0.25) is 0 Å². The second-order valence-electron chi connectivity index (χ2n) is 19.9. The molecule has 0 spiro atoms. The van der Waals surface area contributed by atoms with Crippen LogP contribution in [0.15, 0.2) is 36.4 Å². The van der Waals surface area contributed by atoms with Crippen LogP contribution in [0, 0.1) is 58.6 Å². The highest BCUT2D eigenvalue weighted by atomic mass is 19.1. The van der Waals surface area contributed by atoms with Gasteiger partial charge in [0.1, 0.15) is 29.0 Å². The van der Waals surface area contributed by atoms with Crippen molar-refractivity contribution in [3.8, 4) is 17.6 Å². The molecule has 2 N–H and O–H groups in total. The van der Waals surface area contributed by atoms with Gasteiger partial charge in [0.15, 0.2) is 0 Å². The zero-order chi connectivity index (χ0) is 45.0. The first kappa shape index (κ1) is 45.5. The fourth-order valence-electron chi connectivity index (χ4n) is 10.8. The first-order chi connectivity index (χ1) is 30.8. The molecule has 3 heterocycles. The summed E-state index contributed by atoms with van der Waals surface area (Å²) >= 11 is 0. The molecule has 3 saturated carbocycles. The number of hydrogen-bond acceptors (Lipinski definition) is 9. The van der Waals surface area contributed by atoms with Crippen molar-refractivity contribution in [2.45, 2.75) is 115 Å². The molecule has 2 aromatic carbocycles. The Morgan fingerprint density at radius 3 is 2.19 bits per heavy atom. The Morgan fingerprint density at radius 2 is 1.53 bits per heavy atom. The number of nitriles is 1. The number of nitrogens with zero attached hydrogens (tertiary/aromatic N) is 4. The van der Waals surface area contributed by atoms with Crippen LogP contribution in [0.1, 0.15) is 108 Å². The first-order valence-corrected chi connectivity index (χ1v) is 23.9. The van der Waals surface area contributed by atoms with Gasteiger partial charge in [0, 0.05) is 57.2 Å². The normalized spacial score (nSPS) is 27.0. The van der Waals surface area contributed by atoms with Crippen molar-refractivity contribution in [1.29, 1.82) is 5.26 Å². The van der Waals surface area contributed by atoms with Crippen molar-refractivity contribution < 1.29 is 42.5 Å². The van der Waals surface area contributed by atoms with Crippen LogP contribution >= 0.6 is 0 Å². The van der Waals surface area contributed by atoms with Gasteiger partial charge in [-0.05, 0) is 143 Å². The molecule has 0 aromatic heterocycles. The fourth-order valence-corrected chi connectivity index (χ4v) is 10.8. The Balaban J connectivity index is 0.677. The molecule has 0 radical (unpaired) electrons. The number of rotatable bonds is 18. The predicted octanol–water partition coefficient (Wildman–Crippen LogP) is 7.65. The van der Waals surface area contributed by atoms with Crippen molar-refractivity contribution >= 4 is 24.0 Å². The molecule has 6 fully saturated rings. The Hall–Kier alpha value is -5.06. The summed E-state index contributed by atoms with van der Waals surface area (Å²) in [5, 5.41) is 9.67. The highest BCUT2D eigenvalue weighted by Crippen LogP contribution is 2.57. The van der Waals surface area contributed by atoms with Gasteiger partial charge in [0.2, 0.25) is 11.8 Å². The van der Waals surface area contributed by atoms with Crippen LogP contribution in [0.3, 0.4) is 0 Å². The molecule has 4 amide bonds. The van der Waals surface area contributed by atoms with E-state index in [1.54, 1.807) is 18.2 Å². The number of ether oxygens (including phenoxy) is 4. The minimum absolute atomic E-state index is 0.0677. The Kier molecular flexibility index (Phi) is 14.2. The number of primary amides is 1. The molecule has 6 aliphatic rings. The number of amides is 4.